The number of nitrogens with zero attached hydrogens (tertiary/aromatic N) is 1. The standard InChI is InChI=1S/C14H13N.CH3.Y/c1-12-8-6-7-11-14(12)15(2)13-9-4-3-5-10-13;;/h3-9H,1-2H3;1H3;/q-2;-1;+3. The Morgan fingerprint density at radius 2 is 1.71 bits per heavy atom. The van der Waals surface area contributed by atoms with Gasteiger partial charge < -0.3 is 12.3 Å². The van der Waals surface area contributed by atoms with E-state index in [1.54, 1.807) is 0 Å². The van der Waals surface area contributed by atoms with Gasteiger partial charge in [-0.1, -0.05) is 18.3 Å². The Morgan fingerprint density at radius 3 is 2.29 bits per heavy atom. The molecule has 0 fully saturated rings. The maximum Gasteiger partial charge on any atom is 3.00 e. The molecule has 0 amide bonds. The molecule has 2 aromatic rings. The molecule has 1 nitrogen and oxygen atoms in total. The Morgan fingerprint density at radius 1 is 1.00 bits per heavy atom. The Balaban J connectivity index is 0.00000128. The molecule has 0 bridgehead atoms. The van der Waals surface area contributed by atoms with Gasteiger partial charge in [0, 0.05) is 7.05 Å². The van der Waals surface area contributed by atoms with Crippen LogP contribution in [0, 0.1) is 26.5 Å². The summed E-state index contributed by atoms with van der Waals surface area (Å²) < 4.78 is 0. The van der Waals surface area contributed by atoms with Crippen molar-refractivity contribution in [1.82, 2.24) is 0 Å². The molecule has 0 spiro atoms. The third-order valence-electron chi connectivity index (χ3n) is 2.43. The van der Waals surface area contributed by atoms with Crippen LogP contribution in [-0.2, 0) is 32.7 Å². The summed E-state index contributed by atoms with van der Waals surface area (Å²) in [6.07, 6.45) is 0. The minimum absolute atomic E-state index is 0. The first-order chi connectivity index (χ1) is 7.29. The van der Waals surface area contributed by atoms with Gasteiger partial charge in [-0.05, 0) is 0 Å². The van der Waals surface area contributed by atoms with E-state index in [4.69, 9.17) is 0 Å². The fourth-order valence-corrected chi connectivity index (χ4v) is 1.59. The summed E-state index contributed by atoms with van der Waals surface area (Å²) in [7, 11) is 2.03. The molecule has 2 aromatic carbocycles. The van der Waals surface area contributed by atoms with Gasteiger partial charge in [-0.25, -0.2) is 0 Å². The smallest absolute Gasteiger partial charge is 0.391 e. The predicted octanol–water partition coefficient (Wildman–Crippen LogP) is 3.81. The maximum absolute atomic E-state index is 3.24. The summed E-state index contributed by atoms with van der Waals surface area (Å²) in [5.74, 6) is 0. The second-order valence-electron chi connectivity index (χ2n) is 3.51. The second kappa shape index (κ2) is 7.63. The van der Waals surface area contributed by atoms with Crippen LogP contribution in [0.3, 0.4) is 0 Å². The fourth-order valence-electron chi connectivity index (χ4n) is 1.59. The summed E-state index contributed by atoms with van der Waals surface area (Å²) in [6.45, 7) is 2.09. The van der Waals surface area contributed by atoms with Crippen LogP contribution in [0.1, 0.15) is 5.56 Å². The first-order valence-corrected chi connectivity index (χ1v) is 4.97. The van der Waals surface area contributed by atoms with Gasteiger partial charge >= 0.3 is 32.7 Å². The molecule has 0 saturated carbocycles. The molecule has 2 rings (SSSR count). The molecule has 0 N–H and O–H groups in total. The molecule has 0 heterocycles. The Labute approximate surface area is 130 Å². The number of aryl methyl sites for hydroxylation is 1. The van der Waals surface area contributed by atoms with Crippen molar-refractivity contribution in [2.45, 2.75) is 6.92 Å². The van der Waals surface area contributed by atoms with E-state index in [1.165, 1.54) is 5.56 Å². The van der Waals surface area contributed by atoms with E-state index in [0.717, 1.165) is 11.4 Å². The van der Waals surface area contributed by atoms with Crippen molar-refractivity contribution < 1.29 is 32.7 Å². The van der Waals surface area contributed by atoms with Crippen LogP contribution < -0.4 is 4.90 Å². The molecule has 2 heteroatoms. The van der Waals surface area contributed by atoms with Gasteiger partial charge in [-0.3, -0.25) is 0 Å². The number of para-hydroxylation sites is 2. The first-order valence-electron chi connectivity index (χ1n) is 4.97. The van der Waals surface area contributed by atoms with Crippen LogP contribution in [0.4, 0.5) is 11.4 Å². The summed E-state index contributed by atoms with van der Waals surface area (Å²) in [5, 5.41) is 0. The molecule has 84 valence electrons. The van der Waals surface area contributed by atoms with Crippen LogP contribution in [0.5, 0.6) is 0 Å². The molecule has 17 heavy (non-hydrogen) atoms. The minimum atomic E-state index is 0. The molecule has 0 atom stereocenters. The first kappa shape index (κ1) is 16.3. The topological polar surface area (TPSA) is 3.24 Å². The molecule has 0 aromatic heterocycles. The average molecular weight is 299 g/mol. The van der Waals surface area contributed by atoms with E-state index in [1.807, 2.05) is 43.4 Å². The van der Waals surface area contributed by atoms with Gasteiger partial charge in [-0.15, -0.1) is 11.6 Å². The van der Waals surface area contributed by atoms with Crippen molar-refractivity contribution in [3.63, 3.8) is 0 Å². The normalized spacial score (nSPS) is 8.82. The van der Waals surface area contributed by atoms with E-state index >= 15 is 0 Å². The molecule has 0 saturated heterocycles. The second-order valence-corrected chi connectivity index (χ2v) is 3.51. The van der Waals surface area contributed by atoms with Crippen LogP contribution in [0.15, 0.2) is 42.5 Å². The van der Waals surface area contributed by atoms with Gasteiger partial charge in [0.25, 0.3) is 0 Å². The largest absolute Gasteiger partial charge is 3.00 e. The number of rotatable bonds is 2. The van der Waals surface area contributed by atoms with Gasteiger partial charge in [0.05, 0.1) is 0 Å². The predicted molar refractivity (Wildman–Crippen MR) is 69.8 cm³/mol. The molecule has 0 aliphatic heterocycles. The average Bonchev–Trinajstić information content (AvgIpc) is 2.30. The number of anilines is 2. The van der Waals surface area contributed by atoms with E-state index in [-0.39, 0.29) is 40.1 Å². The Hall–Kier alpha value is -0.656. The van der Waals surface area contributed by atoms with E-state index in [0.29, 0.717) is 0 Å². The van der Waals surface area contributed by atoms with Gasteiger partial charge in [0.1, 0.15) is 0 Å². The Kier molecular flexibility index (Phi) is 7.33. The van der Waals surface area contributed by atoms with Crippen LogP contribution in [0.25, 0.3) is 0 Å². The maximum atomic E-state index is 3.24. The molecular weight excluding hydrogens is 283 g/mol. The van der Waals surface area contributed by atoms with Crippen LogP contribution in [0.2, 0.25) is 0 Å². The van der Waals surface area contributed by atoms with Gasteiger partial charge in [-0.2, -0.15) is 48.5 Å². The molecular formula is C15H16NY. The fraction of sp³-hybridized carbons (Fsp3) is 0.133. The molecule has 0 radical (unpaired) electrons. The van der Waals surface area contributed by atoms with Crippen molar-refractivity contribution in [3.8, 4) is 0 Å². The van der Waals surface area contributed by atoms with E-state index in [2.05, 4.69) is 30.0 Å². The van der Waals surface area contributed by atoms with Crippen molar-refractivity contribution in [2.24, 2.45) is 0 Å². The third kappa shape index (κ3) is 3.94. The number of benzene rings is 2. The number of hydrogen-bond acceptors (Lipinski definition) is 1. The minimum Gasteiger partial charge on any atom is -0.391 e. The third-order valence-corrected chi connectivity index (χ3v) is 2.43. The molecule has 0 aliphatic rings. The van der Waals surface area contributed by atoms with Crippen molar-refractivity contribution in [2.75, 3.05) is 11.9 Å². The zero-order valence-corrected chi connectivity index (χ0v) is 13.4. The quantitative estimate of drug-likeness (QED) is 0.762. The van der Waals surface area contributed by atoms with Crippen molar-refractivity contribution in [1.29, 1.82) is 0 Å². The van der Waals surface area contributed by atoms with Gasteiger partial charge in [0.2, 0.25) is 0 Å². The van der Waals surface area contributed by atoms with Crippen molar-refractivity contribution >= 4 is 11.4 Å². The monoisotopic (exact) mass is 299 g/mol. The van der Waals surface area contributed by atoms with E-state index < -0.39 is 0 Å². The van der Waals surface area contributed by atoms with E-state index in [9.17, 15) is 0 Å². The number of hydrogen-bond donors (Lipinski definition) is 0. The summed E-state index contributed by atoms with van der Waals surface area (Å²) >= 11 is 0. The van der Waals surface area contributed by atoms with Crippen LogP contribution >= 0.6 is 0 Å². The van der Waals surface area contributed by atoms with Crippen molar-refractivity contribution in [3.05, 3.63) is 67.6 Å². The SMILES string of the molecule is Cc1ccc[c-]c1N(C)c1[c-]cccc1.[CH3-].[Y+3]. The van der Waals surface area contributed by atoms with Crippen LogP contribution in [-0.4, -0.2) is 7.05 Å². The summed E-state index contributed by atoms with van der Waals surface area (Å²) in [5.41, 5.74) is 3.38. The van der Waals surface area contributed by atoms with Gasteiger partial charge in [0.15, 0.2) is 0 Å². The zero-order chi connectivity index (χ0) is 10.7. The molecule has 0 aliphatic carbocycles. The zero-order valence-electron chi connectivity index (χ0n) is 10.6. The Bertz CT molecular complexity index is 440. The molecule has 0 unspecified atom stereocenters. The summed E-state index contributed by atoms with van der Waals surface area (Å²) in [6, 6.07) is 20.4. The summed E-state index contributed by atoms with van der Waals surface area (Å²) in [4.78, 5) is 2.09.